The van der Waals surface area contributed by atoms with Crippen LogP contribution in [0.2, 0.25) is 5.02 Å². The minimum absolute atomic E-state index is 0.323. The summed E-state index contributed by atoms with van der Waals surface area (Å²) in [6.07, 6.45) is 2.93. The van der Waals surface area contributed by atoms with Gasteiger partial charge in [0.2, 0.25) is 5.95 Å². The zero-order valence-electron chi connectivity index (χ0n) is 15.2. The van der Waals surface area contributed by atoms with Crippen LogP contribution in [0.15, 0.2) is 48.8 Å². The molecule has 2 aromatic carbocycles. The molecule has 0 aliphatic carbocycles. The highest BCUT2D eigenvalue weighted by Gasteiger charge is 2.12. The van der Waals surface area contributed by atoms with Crippen LogP contribution in [0.1, 0.15) is 21.5 Å². The number of carbonyl (C=O) groups excluding carboxylic acids is 1. The van der Waals surface area contributed by atoms with Gasteiger partial charge in [0, 0.05) is 23.1 Å². The lowest BCUT2D eigenvalue weighted by Gasteiger charge is -2.11. The van der Waals surface area contributed by atoms with Gasteiger partial charge in [0.05, 0.1) is 18.4 Å². The summed E-state index contributed by atoms with van der Waals surface area (Å²) >= 11 is 5.99. The summed E-state index contributed by atoms with van der Waals surface area (Å²) in [4.78, 5) is 20.9. The van der Waals surface area contributed by atoms with E-state index >= 15 is 0 Å². The number of aromatic nitrogens is 2. The zero-order chi connectivity index (χ0) is 19.4. The minimum atomic E-state index is -0.353. The molecule has 0 spiro atoms. The minimum Gasteiger partial charge on any atom is -0.495 e. The zero-order valence-corrected chi connectivity index (χ0v) is 16.0. The molecule has 0 aliphatic rings. The number of benzene rings is 2. The van der Waals surface area contributed by atoms with Crippen LogP contribution in [-0.4, -0.2) is 23.0 Å². The first-order valence-electron chi connectivity index (χ1n) is 8.27. The Labute approximate surface area is 162 Å². The summed E-state index contributed by atoms with van der Waals surface area (Å²) in [6, 6.07) is 11.1. The number of hydrogen-bond acceptors (Lipinski definition) is 5. The Morgan fingerprint density at radius 3 is 2.48 bits per heavy atom. The average Bonchev–Trinajstić information content (AvgIpc) is 2.65. The molecule has 0 saturated heterocycles. The smallest absolute Gasteiger partial charge is 0.258 e. The van der Waals surface area contributed by atoms with Crippen LogP contribution in [0.4, 0.5) is 17.3 Å². The lowest BCUT2D eigenvalue weighted by Crippen LogP contribution is -2.14. The van der Waals surface area contributed by atoms with Gasteiger partial charge in [-0.2, -0.15) is 0 Å². The molecule has 6 nitrogen and oxygen atoms in total. The van der Waals surface area contributed by atoms with Crippen molar-refractivity contribution in [3.8, 4) is 5.75 Å². The van der Waals surface area contributed by atoms with E-state index in [0.717, 1.165) is 16.8 Å². The van der Waals surface area contributed by atoms with E-state index < -0.39 is 0 Å². The Morgan fingerprint density at radius 2 is 1.78 bits per heavy atom. The molecule has 7 heteroatoms. The lowest BCUT2D eigenvalue weighted by atomic mass is 10.1. The third kappa shape index (κ3) is 4.54. The maximum absolute atomic E-state index is 12.5. The normalized spacial score (nSPS) is 10.4. The Morgan fingerprint density at radius 1 is 1.04 bits per heavy atom. The topological polar surface area (TPSA) is 76.1 Å². The molecule has 0 fully saturated rings. The predicted molar refractivity (Wildman–Crippen MR) is 107 cm³/mol. The van der Waals surface area contributed by atoms with E-state index in [0.29, 0.717) is 28.0 Å². The second kappa shape index (κ2) is 8.05. The van der Waals surface area contributed by atoms with Gasteiger partial charge in [-0.25, -0.2) is 9.97 Å². The molecule has 0 unspecified atom stereocenters. The third-order valence-corrected chi connectivity index (χ3v) is 4.20. The number of aryl methyl sites for hydroxylation is 2. The molecular weight excluding hydrogens is 364 g/mol. The number of halogens is 1. The fourth-order valence-electron chi connectivity index (χ4n) is 2.47. The van der Waals surface area contributed by atoms with Crippen molar-refractivity contribution in [2.75, 3.05) is 17.7 Å². The van der Waals surface area contributed by atoms with Crippen LogP contribution in [0.25, 0.3) is 0 Å². The number of nitrogens with one attached hydrogen (secondary N) is 2. The number of methoxy groups -OCH3 is 1. The monoisotopic (exact) mass is 382 g/mol. The highest BCUT2D eigenvalue weighted by molar-refractivity contribution is 6.31. The molecule has 0 radical (unpaired) electrons. The predicted octanol–water partition coefficient (Wildman–Crippen LogP) is 4.75. The molecule has 0 aliphatic heterocycles. The van der Waals surface area contributed by atoms with Crippen LogP contribution >= 0.6 is 11.6 Å². The molecule has 0 atom stereocenters. The second-order valence-electron chi connectivity index (χ2n) is 6.04. The molecule has 1 aromatic heterocycles. The first-order valence-corrected chi connectivity index (χ1v) is 8.65. The molecular formula is C20H19ClN4O2. The fraction of sp³-hybridized carbons (Fsp3) is 0.150. The number of rotatable bonds is 5. The molecule has 138 valence electrons. The molecule has 3 aromatic rings. The Kier molecular flexibility index (Phi) is 5.57. The number of ether oxygens (including phenoxy) is 1. The van der Waals surface area contributed by atoms with Crippen molar-refractivity contribution in [1.82, 2.24) is 9.97 Å². The first-order chi connectivity index (χ1) is 13.0. The highest BCUT2D eigenvalue weighted by Crippen LogP contribution is 2.28. The van der Waals surface area contributed by atoms with E-state index in [1.807, 2.05) is 32.0 Å². The fourth-order valence-corrected chi connectivity index (χ4v) is 2.65. The number of nitrogens with zero attached hydrogens (tertiary/aromatic N) is 2. The summed E-state index contributed by atoms with van der Waals surface area (Å²) in [5.41, 5.74) is 3.95. The Balaban J connectivity index is 1.74. The van der Waals surface area contributed by atoms with Gasteiger partial charge in [0.1, 0.15) is 5.75 Å². The molecule has 27 heavy (non-hydrogen) atoms. The SMILES string of the molecule is COc1ccc(Cl)cc1NC(=O)c1cnc(Nc2cc(C)ccc2C)nc1. The van der Waals surface area contributed by atoms with Crippen LogP contribution < -0.4 is 15.4 Å². The number of amides is 1. The van der Waals surface area contributed by atoms with Gasteiger partial charge >= 0.3 is 0 Å². The van der Waals surface area contributed by atoms with E-state index in [2.05, 4.69) is 20.6 Å². The van der Waals surface area contributed by atoms with E-state index in [-0.39, 0.29) is 5.91 Å². The maximum Gasteiger partial charge on any atom is 0.258 e. The number of carbonyl (C=O) groups is 1. The van der Waals surface area contributed by atoms with E-state index in [1.165, 1.54) is 19.5 Å². The maximum atomic E-state index is 12.5. The van der Waals surface area contributed by atoms with Gasteiger partial charge in [-0.1, -0.05) is 23.7 Å². The van der Waals surface area contributed by atoms with E-state index in [1.54, 1.807) is 18.2 Å². The van der Waals surface area contributed by atoms with E-state index in [4.69, 9.17) is 16.3 Å². The summed E-state index contributed by atoms with van der Waals surface area (Å²) in [7, 11) is 1.52. The van der Waals surface area contributed by atoms with E-state index in [9.17, 15) is 4.79 Å². The average molecular weight is 383 g/mol. The van der Waals surface area contributed by atoms with Gasteiger partial charge in [-0.3, -0.25) is 4.79 Å². The summed E-state index contributed by atoms with van der Waals surface area (Å²) in [5, 5.41) is 6.41. The van der Waals surface area contributed by atoms with Crippen molar-refractivity contribution >= 4 is 34.8 Å². The summed E-state index contributed by atoms with van der Waals surface area (Å²) < 4.78 is 5.23. The van der Waals surface area contributed by atoms with Crippen LogP contribution in [-0.2, 0) is 0 Å². The van der Waals surface area contributed by atoms with Crippen molar-refractivity contribution in [1.29, 1.82) is 0 Å². The Hall–Kier alpha value is -3.12. The lowest BCUT2D eigenvalue weighted by molar-refractivity contribution is 0.102. The van der Waals surface area contributed by atoms with Gasteiger partial charge in [-0.05, 0) is 49.2 Å². The molecule has 1 amide bonds. The van der Waals surface area contributed by atoms with Crippen molar-refractivity contribution in [2.24, 2.45) is 0 Å². The standard InChI is InChI=1S/C20H19ClN4O2/c1-12-4-5-13(2)16(8-12)25-20-22-10-14(11-23-20)19(26)24-17-9-15(21)6-7-18(17)27-3/h4-11H,1-3H3,(H,24,26)(H,22,23,25). The molecule has 1 heterocycles. The van der Waals surface area contributed by atoms with Gasteiger partial charge < -0.3 is 15.4 Å². The van der Waals surface area contributed by atoms with Gasteiger partial charge in [-0.15, -0.1) is 0 Å². The quantitative estimate of drug-likeness (QED) is 0.665. The molecule has 0 saturated carbocycles. The van der Waals surface area contributed by atoms with Crippen molar-refractivity contribution in [3.05, 3.63) is 70.5 Å². The van der Waals surface area contributed by atoms with Crippen molar-refractivity contribution < 1.29 is 9.53 Å². The largest absolute Gasteiger partial charge is 0.495 e. The second-order valence-corrected chi connectivity index (χ2v) is 6.47. The molecule has 0 bridgehead atoms. The van der Waals surface area contributed by atoms with Crippen molar-refractivity contribution in [3.63, 3.8) is 0 Å². The number of anilines is 3. The Bertz CT molecular complexity index is 974. The number of hydrogen-bond donors (Lipinski definition) is 2. The van der Waals surface area contributed by atoms with Gasteiger partial charge in [0.25, 0.3) is 5.91 Å². The molecule has 2 N–H and O–H groups in total. The summed E-state index contributed by atoms with van der Waals surface area (Å²) in [5.74, 6) is 0.580. The third-order valence-electron chi connectivity index (χ3n) is 3.96. The molecule has 3 rings (SSSR count). The van der Waals surface area contributed by atoms with Crippen LogP contribution in [0, 0.1) is 13.8 Å². The first kappa shape index (κ1) is 18.7. The van der Waals surface area contributed by atoms with Crippen LogP contribution in [0.5, 0.6) is 5.75 Å². The summed E-state index contributed by atoms with van der Waals surface area (Å²) in [6.45, 7) is 4.02. The van der Waals surface area contributed by atoms with Crippen LogP contribution in [0.3, 0.4) is 0 Å². The van der Waals surface area contributed by atoms with Gasteiger partial charge in [0.15, 0.2) is 0 Å². The highest BCUT2D eigenvalue weighted by atomic mass is 35.5. The van der Waals surface area contributed by atoms with Crippen molar-refractivity contribution in [2.45, 2.75) is 13.8 Å².